The number of benzene rings is 1. The molecular weight excluding hydrogens is 338 g/mol. The number of aromatic nitrogens is 1. The standard InChI is InChI=1S/C22H29N3O2/c1-2-3-5-16-7-9-17(10-8-16)22(27)25-20-6-4-15-23-21(20)24-18-11-13-19(26)14-12-18/h4,6,11-17,26H,2-3,5,7-10H2,1H3,(H,23,24)(H,25,27). The second-order valence-electron chi connectivity index (χ2n) is 7.42. The molecule has 5 heteroatoms. The fourth-order valence-corrected chi connectivity index (χ4v) is 3.73. The molecule has 0 atom stereocenters. The summed E-state index contributed by atoms with van der Waals surface area (Å²) in [5.74, 6) is 1.78. The molecule has 1 amide bonds. The van der Waals surface area contributed by atoms with E-state index in [9.17, 15) is 9.90 Å². The van der Waals surface area contributed by atoms with Gasteiger partial charge in [-0.1, -0.05) is 26.2 Å². The van der Waals surface area contributed by atoms with Gasteiger partial charge in [-0.15, -0.1) is 0 Å². The lowest BCUT2D eigenvalue weighted by molar-refractivity contribution is -0.121. The van der Waals surface area contributed by atoms with Gasteiger partial charge in [0.25, 0.3) is 0 Å². The highest BCUT2D eigenvalue weighted by Gasteiger charge is 2.26. The van der Waals surface area contributed by atoms with Crippen molar-refractivity contribution in [3.8, 4) is 5.75 Å². The number of nitrogens with one attached hydrogen (secondary N) is 2. The molecule has 1 aromatic carbocycles. The molecule has 27 heavy (non-hydrogen) atoms. The van der Waals surface area contributed by atoms with Gasteiger partial charge in [-0.2, -0.15) is 0 Å². The molecule has 3 N–H and O–H groups in total. The van der Waals surface area contributed by atoms with E-state index in [1.165, 1.54) is 19.3 Å². The highest BCUT2D eigenvalue weighted by molar-refractivity contribution is 5.95. The number of carbonyl (C=O) groups excluding carboxylic acids is 1. The molecule has 0 unspecified atom stereocenters. The van der Waals surface area contributed by atoms with Crippen LogP contribution in [0.25, 0.3) is 0 Å². The number of carbonyl (C=O) groups is 1. The smallest absolute Gasteiger partial charge is 0.227 e. The Morgan fingerprint density at radius 2 is 1.89 bits per heavy atom. The minimum absolute atomic E-state index is 0.0876. The normalized spacial score (nSPS) is 19.4. The van der Waals surface area contributed by atoms with E-state index in [1.807, 2.05) is 12.1 Å². The van der Waals surface area contributed by atoms with Crippen LogP contribution in [-0.4, -0.2) is 16.0 Å². The first-order valence-electron chi connectivity index (χ1n) is 9.97. The highest BCUT2D eigenvalue weighted by atomic mass is 16.3. The number of hydrogen-bond donors (Lipinski definition) is 3. The summed E-state index contributed by atoms with van der Waals surface area (Å²) in [6, 6.07) is 10.4. The van der Waals surface area contributed by atoms with Gasteiger partial charge in [0.1, 0.15) is 5.75 Å². The van der Waals surface area contributed by atoms with E-state index >= 15 is 0 Å². The Kier molecular flexibility index (Phi) is 6.69. The summed E-state index contributed by atoms with van der Waals surface area (Å²) in [4.78, 5) is 17.1. The third-order valence-corrected chi connectivity index (χ3v) is 5.38. The summed E-state index contributed by atoms with van der Waals surface area (Å²) >= 11 is 0. The zero-order valence-electron chi connectivity index (χ0n) is 15.9. The monoisotopic (exact) mass is 367 g/mol. The zero-order valence-corrected chi connectivity index (χ0v) is 15.9. The van der Waals surface area contributed by atoms with Crippen molar-refractivity contribution < 1.29 is 9.90 Å². The van der Waals surface area contributed by atoms with E-state index < -0.39 is 0 Å². The van der Waals surface area contributed by atoms with E-state index in [0.717, 1.165) is 37.3 Å². The Labute approximate surface area is 161 Å². The van der Waals surface area contributed by atoms with Gasteiger partial charge in [0, 0.05) is 17.8 Å². The van der Waals surface area contributed by atoms with Gasteiger partial charge in [0.2, 0.25) is 5.91 Å². The second kappa shape index (κ2) is 9.40. The summed E-state index contributed by atoms with van der Waals surface area (Å²) in [5, 5.41) is 15.7. The number of aromatic hydroxyl groups is 1. The van der Waals surface area contributed by atoms with Crippen LogP contribution in [0, 0.1) is 11.8 Å². The lowest BCUT2D eigenvalue weighted by atomic mass is 9.79. The summed E-state index contributed by atoms with van der Waals surface area (Å²) in [5.41, 5.74) is 1.49. The van der Waals surface area contributed by atoms with Crippen molar-refractivity contribution in [2.45, 2.75) is 51.9 Å². The molecule has 1 saturated carbocycles. The third-order valence-electron chi connectivity index (χ3n) is 5.38. The fraction of sp³-hybridized carbons (Fsp3) is 0.455. The quantitative estimate of drug-likeness (QED) is 0.568. The SMILES string of the molecule is CCCCC1CCC(C(=O)Nc2cccnc2Nc2ccc(O)cc2)CC1. The average molecular weight is 367 g/mol. The molecule has 2 aromatic rings. The second-order valence-corrected chi connectivity index (χ2v) is 7.42. The van der Waals surface area contributed by atoms with Crippen LogP contribution in [0.2, 0.25) is 0 Å². The van der Waals surface area contributed by atoms with Gasteiger partial charge < -0.3 is 15.7 Å². The molecule has 0 saturated heterocycles. The maximum atomic E-state index is 12.7. The Morgan fingerprint density at radius 3 is 2.59 bits per heavy atom. The van der Waals surface area contributed by atoms with E-state index in [1.54, 1.807) is 30.5 Å². The Balaban J connectivity index is 1.59. The molecule has 0 radical (unpaired) electrons. The minimum atomic E-state index is 0.0876. The number of pyridine rings is 1. The van der Waals surface area contributed by atoms with Crippen molar-refractivity contribution in [2.24, 2.45) is 11.8 Å². The molecule has 1 aliphatic carbocycles. The van der Waals surface area contributed by atoms with Crippen LogP contribution >= 0.6 is 0 Å². The first-order valence-corrected chi connectivity index (χ1v) is 9.97. The molecule has 0 aliphatic heterocycles. The number of hydrogen-bond acceptors (Lipinski definition) is 4. The predicted octanol–water partition coefficient (Wildman–Crippen LogP) is 5.47. The van der Waals surface area contributed by atoms with E-state index in [2.05, 4.69) is 22.5 Å². The number of nitrogens with zero attached hydrogens (tertiary/aromatic N) is 1. The molecule has 0 bridgehead atoms. The maximum Gasteiger partial charge on any atom is 0.227 e. The van der Waals surface area contributed by atoms with Crippen molar-refractivity contribution >= 4 is 23.1 Å². The Bertz CT molecular complexity index is 737. The van der Waals surface area contributed by atoms with Crippen LogP contribution in [0.5, 0.6) is 5.75 Å². The number of phenolic OH excluding ortho intramolecular Hbond substituents is 1. The average Bonchev–Trinajstić information content (AvgIpc) is 2.70. The van der Waals surface area contributed by atoms with E-state index in [-0.39, 0.29) is 17.6 Å². The largest absolute Gasteiger partial charge is 0.508 e. The third kappa shape index (κ3) is 5.46. The first-order chi connectivity index (χ1) is 13.2. The molecule has 0 spiro atoms. The van der Waals surface area contributed by atoms with Crippen LogP contribution in [0.15, 0.2) is 42.6 Å². The van der Waals surface area contributed by atoms with Gasteiger partial charge in [-0.25, -0.2) is 4.98 Å². The molecule has 3 rings (SSSR count). The van der Waals surface area contributed by atoms with Gasteiger partial charge in [0.15, 0.2) is 5.82 Å². The number of phenols is 1. The molecule has 1 fully saturated rings. The zero-order chi connectivity index (χ0) is 19.1. The van der Waals surface area contributed by atoms with Gasteiger partial charge in [-0.05, 0) is 68.0 Å². The first kappa shape index (κ1) is 19.2. The lowest BCUT2D eigenvalue weighted by Gasteiger charge is -2.28. The van der Waals surface area contributed by atoms with E-state index in [0.29, 0.717) is 11.5 Å². The number of rotatable bonds is 7. The molecule has 144 valence electrons. The van der Waals surface area contributed by atoms with Crippen LogP contribution in [0.3, 0.4) is 0 Å². The molecule has 1 heterocycles. The summed E-state index contributed by atoms with van der Waals surface area (Å²) < 4.78 is 0. The minimum Gasteiger partial charge on any atom is -0.508 e. The Morgan fingerprint density at radius 1 is 1.15 bits per heavy atom. The summed E-state index contributed by atoms with van der Waals surface area (Å²) in [6.07, 6.45) is 9.79. The van der Waals surface area contributed by atoms with Crippen molar-refractivity contribution in [2.75, 3.05) is 10.6 Å². The van der Waals surface area contributed by atoms with Gasteiger partial charge in [-0.3, -0.25) is 4.79 Å². The predicted molar refractivity (Wildman–Crippen MR) is 109 cm³/mol. The van der Waals surface area contributed by atoms with Gasteiger partial charge in [0.05, 0.1) is 5.69 Å². The van der Waals surface area contributed by atoms with E-state index in [4.69, 9.17) is 0 Å². The van der Waals surface area contributed by atoms with Crippen molar-refractivity contribution in [3.05, 3.63) is 42.6 Å². The fourth-order valence-electron chi connectivity index (χ4n) is 3.73. The number of anilines is 3. The van der Waals surface area contributed by atoms with Crippen molar-refractivity contribution in [1.82, 2.24) is 4.98 Å². The highest BCUT2D eigenvalue weighted by Crippen LogP contribution is 2.33. The topological polar surface area (TPSA) is 74.2 Å². The maximum absolute atomic E-state index is 12.7. The van der Waals surface area contributed by atoms with Crippen molar-refractivity contribution in [3.63, 3.8) is 0 Å². The summed E-state index contributed by atoms with van der Waals surface area (Å²) in [6.45, 7) is 2.23. The molecule has 1 aliphatic rings. The van der Waals surface area contributed by atoms with Crippen molar-refractivity contribution in [1.29, 1.82) is 0 Å². The molecular formula is C22H29N3O2. The van der Waals surface area contributed by atoms with Crippen LogP contribution in [-0.2, 0) is 4.79 Å². The molecule has 1 aromatic heterocycles. The van der Waals surface area contributed by atoms with Crippen LogP contribution < -0.4 is 10.6 Å². The van der Waals surface area contributed by atoms with Crippen LogP contribution in [0.4, 0.5) is 17.2 Å². The lowest BCUT2D eigenvalue weighted by Crippen LogP contribution is -2.27. The summed E-state index contributed by atoms with van der Waals surface area (Å²) in [7, 11) is 0. The number of amides is 1. The number of unbranched alkanes of at least 4 members (excludes halogenated alkanes) is 1. The Hall–Kier alpha value is -2.56. The van der Waals surface area contributed by atoms with Gasteiger partial charge >= 0.3 is 0 Å². The molecule has 5 nitrogen and oxygen atoms in total. The van der Waals surface area contributed by atoms with Crippen LogP contribution in [0.1, 0.15) is 51.9 Å².